The van der Waals surface area contributed by atoms with Gasteiger partial charge in [0.1, 0.15) is 4.83 Å². The molecule has 4 aromatic rings. The predicted molar refractivity (Wildman–Crippen MR) is 113 cm³/mol. The summed E-state index contributed by atoms with van der Waals surface area (Å²) in [6, 6.07) is 6.27. The summed E-state index contributed by atoms with van der Waals surface area (Å²) in [7, 11) is 1.75. The first kappa shape index (κ1) is 18.9. The fourth-order valence-corrected chi connectivity index (χ4v) is 4.86. The molecule has 3 aromatic heterocycles. The van der Waals surface area contributed by atoms with Gasteiger partial charge in [0, 0.05) is 18.0 Å². The van der Waals surface area contributed by atoms with Gasteiger partial charge in [-0.15, -0.1) is 11.3 Å². The lowest BCUT2D eigenvalue weighted by Crippen LogP contribution is -2.20. The van der Waals surface area contributed by atoms with Gasteiger partial charge in [-0.1, -0.05) is 35.1 Å². The lowest BCUT2D eigenvalue weighted by Gasteiger charge is -2.10. The lowest BCUT2D eigenvalue weighted by atomic mass is 10.0. The highest BCUT2D eigenvalue weighted by Gasteiger charge is 2.20. The first-order valence-corrected chi connectivity index (χ1v) is 10.6. The number of hydrogen-bond acceptors (Lipinski definition) is 7. The minimum atomic E-state index is -0.101. The van der Waals surface area contributed by atoms with Crippen molar-refractivity contribution in [3.63, 3.8) is 0 Å². The summed E-state index contributed by atoms with van der Waals surface area (Å²) in [4.78, 5) is 22.9. The second-order valence-electron chi connectivity index (χ2n) is 6.83. The number of thioether (sulfide) groups is 1. The average molecular weight is 413 g/mol. The third-order valence-electron chi connectivity index (χ3n) is 4.77. The minimum absolute atomic E-state index is 0.0455. The lowest BCUT2D eigenvalue weighted by molar-refractivity contribution is 0.376. The predicted octanol–water partition coefficient (Wildman–Crippen LogP) is 4.82. The molecule has 0 N–H and O–H groups in total. The molecular weight excluding hydrogens is 392 g/mol. The zero-order chi connectivity index (χ0) is 20.0. The summed E-state index contributed by atoms with van der Waals surface area (Å²) in [6.45, 7) is 7.91. The van der Waals surface area contributed by atoms with Crippen LogP contribution < -0.4 is 5.56 Å². The van der Waals surface area contributed by atoms with E-state index in [1.54, 1.807) is 18.5 Å². The maximum atomic E-state index is 13.1. The Morgan fingerprint density at radius 2 is 1.96 bits per heavy atom. The van der Waals surface area contributed by atoms with Gasteiger partial charge in [-0.2, -0.15) is 4.98 Å². The highest BCUT2D eigenvalue weighted by Crippen LogP contribution is 2.36. The molecule has 0 spiro atoms. The molecule has 0 radical (unpaired) electrons. The van der Waals surface area contributed by atoms with Crippen LogP contribution in [-0.2, 0) is 7.05 Å². The number of thiophene rings is 1. The summed E-state index contributed by atoms with van der Waals surface area (Å²) < 4.78 is 6.85. The third-order valence-corrected chi connectivity index (χ3v) is 6.77. The normalized spacial score (nSPS) is 12.6. The van der Waals surface area contributed by atoms with E-state index in [0.29, 0.717) is 22.3 Å². The minimum Gasteiger partial charge on any atom is -0.338 e. The first-order chi connectivity index (χ1) is 13.3. The molecule has 0 aliphatic rings. The van der Waals surface area contributed by atoms with Crippen molar-refractivity contribution in [3.8, 4) is 11.1 Å². The Kier molecular flexibility index (Phi) is 4.84. The zero-order valence-electron chi connectivity index (χ0n) is 16.3. The molecule has 4 rings (SSSR count). The fraction of sp³-hybridized carbons (Fsp3) is 0.300. The van der Waals surface area contributed by atoms with Crippen molar-refractivity contribution in [3.05, 3.63) is 56.8 Å². The number of benzene rings is 1. The van der Waals surface area contributed by atoms with Gasteiger partial charge < -0.3 is 4.52 Å². The number of rotatable bonds is 4. The van der Waals surface area contributed by atoms with E-state index in [0.717, 1.165) is 16.0 Å². The molecule has 0 saturated heterocycles. The van der Waals surface area contributed by atoms with Crippen LogP contribution in [0.3, 0.4) is 0 Å². The van der Waals surface area contributed by atoms with Crippen molar-refractivity contribution >= 4 is 33.3 Å². The van der Waals surface area contributed by atoms with Crippen LogP contribution in [0, 0.1) is 20.8 Å². The van der Waals surface area contributed by atoms with E-state index in [4.69, 9.17) is 9.51 Å². The van der Waals surface area contributed by atoms with E-state index >= 15 is 0 Å². The average Bonchev–Trinajstić information content (AvgIpc) is 3.28. The number of fused-ring (bicyclic) bond motifs is 1. The Balaban J connectivity index is 1.77. The second-order valence-corrected chi connectivity index (χ2v) is 8.99. The summed E-state index contributed by atoms with van der Waals surface area (Å²) in [5, 5.41) is 7.05. The van der Waals surface area contributed by atoms with Crippen LogP contribution in [0.5, 0.6) is 0 Å². The van der Waals surface area contributed by atoms with E-state index in [-0.39, 0.29) is 10.8 Å². The van der Waals surface area contributed by atoms with E-state index in [2.05, 4.69) is 42.2 Å². The Labute approximate surface area is 170 Å². The largest absolute Gasteiger partial charge is 0.338 e. The van der Waals surface area contributed by atoms with Crippen LogP contribution >= 0.6 is 23.1 Å². The molecule has 0 aliphatic heterocycles. The van der Waals surface area contributed by atoms with E-state index < -0.39 is 0 Å². The van der Waals surface area contributed by atoms with Crippen LogP contribution in [0.1, 0.15) is 35.0 Å². The van der Waals surface area contributed by atoms with Gasteiger partial charge in [-0.3, -0.25) is 9.36 Å². The number of aromatic nitrogens is 4. The molecule has 0 bridgehead atoms. The quantitative estimate of drug-likeness (QED) is 0.353. The van der Waals surface area contributed by atoms with Gasteiger partial charge in [0.05, 0.1) is 10.6 Å². The van der Waals surface area contributed by atoms with Crippen LogP contribution in [0.25, 0.3) is 21.3 Å². The Morgan fingerprint density at radius 3 is 2.64 bits per heavy atom. The molecule has 28 heavy (non-hydrogen) atoms. The Morgan fingerprint density at radius 1 is 1.18 bits per heavy atom. The second kappa shape index (κ2) is 7.18. The zero-order valence-corrected chi connectivity index (χ0v) is 17.9. The van der Waals surface area contributed by atoms with Gasteiger partial charge in [0.2, 0.25) is 5.89 Å². The molecule has 144 valence electrons. The van der Waals surface area contributed by atoms with Gasteiger partial charge >= 0.3 is 0 Å². The van der Waals surface area contributed by atoms with Crippen molar-refractivity contribution in [2.75, 3.05) is 0 Å². The van der Waals surface area contributed by atoms with Crippen molar-refractivity contribution in [1.29, 1.82) is 0 Å². The molecular formula is C20H20N4O2S2. The summed E-state index contributed by atoms with van der Waals surface area (Å²) >= 11 is 2.93. The summed E-state index contributed by atoms with van der Waals surface area (Å²) in [5.74, 6) is 1.12. The molecule has 8 heteroatoms. The van der Waals surface area contributed by atoms with Gasteiger partial charge in [-0.25, -0.2) is 4.98 Å². The topological polar surface area (TPSA) is 73.8 Å². The first-order valence-electron chi connectivity index (χ1n) is 8.88. The van der Waals surface area contributed by atoms with Crippen LogP contribution in [0.2, 0.25) is 0 Å². The fourth-order valence-electron chi connectivity index (χ4n) is 2.97. The van der Waals surface area contributed by atoms with Crippen LogP contribution in [0.4, 0.5) is 0 Å². The highest BCUT2D eigenvalue weighted by molar-refractivity contribution is 7.99. The van der Waals surface area contributed by atoms with E-state index in [9.17, 15) is 4.79 Å². The Hall–Kier alpha value is -2.45. The van der Waals surface area contributed by atoms with Crippen molar-refractivity contribution in [2.24, 2.45) is 7.05 Å². The highest BCUT2D eigenvalue weighted by atomic mass is 32.2. The molecule has 0 fully saturated rings. The Bertz CT molecular complexity index is 1240. The van der Waals surface area contributed by atoms with Gasteiger partial charge in [-0.05, 0) is 44.4 Å². The molecule has 6 nitrogen and oxygen atoms in total. The third kappa shape index (κ3) is 3.27. The molecule has 0 unspecified atom stereocenters. The molecule has 1 aromatic carbocycles. The van der Waals surface area contributed by atoms with Crippen molar-refractivity contribution in [1.82, 2.24) is 19.7 Å². The summed E-state index contributed by atoms with van der Waals surface area (Å²) in [6.07, 6.45) is 0. The number of aryl methyl sites for hydroxylation is 3. The molecule has 0 amide bonds. The smallest absolute Gasteiger partial charge is 0.263 e. The number of nitrogens with zero attached hydrogens (tertiary/aromatic N) is 4. The maximum absolute atomic E-state index is 13.1. The SMILES string of the molecule is Cc1noc([C@H](C)Sc2nc3scc(-c4ccc(C)c(C)c4)c3c(=O)n2C)n1. The number of hydrogen-bond donors (Lipinski definition) is 0. The molecule has 0 aliphatic carbocycles. The van der Waals surface area contributed by atoms with Crippen LogP contribution in [0.15, 0.2) is 38.1 Å². The van der Waals surface area contributed by atoms with E-state index in [1.807, 2.05) is 12.3 Å². The van der Waals surface area contributed by atoms with Crippen LogP contribution in [-0.4, -0.2) is 19.7 Å². The maximum Gasteiger partial charge on any atom is 0.263 e. The monoisotopic (exact) mass is 412 g/mol. The van der Waals surface area contributed by atoms with Gasteiger partial charge in [0.25, 0.3) is 5.56 Å². The summed E-state index contributed by atoms with van der Waals surface area (Å²) in [5.41, 5.74) is 4.38. The molecule has 1 atom stereocenters. The van der Waals surface area contributed by atoms with E-state index in [1.165, 1.54) is 34.2 Å². The molecule has 0 saturated carbocycles. The van der Waals surface area contributed by atoms with Gasteiger partial charge in [0.15, 0.2) is 11.0 Å². The van der Waals surface area contributed by atoms with Crippen molar-refractivity contribution in [2.45, 2.75) is 38.1 Å². The standard InChI is InChI=1S/C20H20N4O2S2/c1-10-6-7-14(8-11(10)2)15-9-27-18-16(15)19(25)24(5)20(22-18)28-12(3)17-21-13(4)23-26-17/h6-9,12H,1-5H3/t12-/m0/s1. The molecule has 3 heterocycles. The van der Waals surface area contributed by atoms with Crippen molar-refractivity contribution < 1.29 is 4.52 Å².